The SMILES string of the molecule is COc1cc2c(cc1OCc1ccc(C)cc1F)C1Cc3c([nH]c4ccccc34)C(c3ccc(F)cc3)N1CC2. The Morgan fingerprint density at radius 1 is 0.950 bits per heavy atom. The highest BCUT2D eigenvalue weighted by Crippen LogP contribution is 2.49. The summed E-state index contributed by atoms with van der Waals surface area (Å²) >= 11 is 0. The minimum absolute atomic E-state index is 0.0389. The highest BCUT2D eigenvalue weighted by atomic mass is 19.1. The van der Waals surface area contributed by atoms with Gasteiger partial charge in [0.25, 0.3) is 0 Å². The van der Waals surface area contributed by atoms with Crippen molar-refractivity contribution in [3.63, 3.8) is 0 Å². The van der Waals surface area contributed by atoms with Crippen LogP contribution in [0.5, 0.6) is 11.5 Å². The molecule has 2 aliphatic rings. The van der Waals surface area contributed by atoms with Crippen molar-refractivity contribution in [2.24, 2.45) is 0 Å². The number of nitrogens with zero attached hydrogens (tertiary/aromatic N) is 1. The first-order valence-corrected chi connectivity index (χ1v) is 13.7. The van der Waals surface area contributed by atoms with Gasteiger partial charge < -0.3 is 14.5 Å². The van der Waals surface area contributed by atoms with Gasteiger partial charge in [-0.2, -0.15) is 0 Å². The van der Waals surface area contributed by atoms with Crippen molar-refractivity contribution in [3.05, 3.63) is 130 Å². The van der Waals surface area contributed by atoms with E-state index in [1.165, 1.54) is 33.8 Å². The number of aromatic amines is 1. The summed E-state index contributed by atoms with van der Waals surface area (Å²) in [5.41, 5.74) is 8.43. The lowest BCUT2D eigenvalue weighted by molar-refractivity contribution is 0.127. The van der Waals surface area contributed by atoms with Gasteiger partial charge in [-0.1, -0.05) is 42.5 Å². The van der Waals surface area contributed by atoms with Crippen LogP contribution in [-0.2, 0) is 19.4 Å². The summed E-state index contributed by atoms with van der Waals surface area (Å²) in [6.45, 7) is 2.83. The van der Waals surface area contributed by atoms with Crippen LogP contribution in [0.25, 0.3) is 10.9 Å². The van der Waals surface area contributed by atoms with Crippen molar-refractivity contribution < 1.29 is 18.3 Å². The first-order valence-electron chi connectivity index (χ1n) is 13.7. The average Bonchev–Trinajstić information content (AvgIpc) is 3.34. The molecule has 7 rings (SSSR count). The Hall–Kier alpha value is -4.16. The van der Waals surface area contributed by atoms with Gasteiger partial charge in [0.2, 0.25) is 0 Å². The van der Waals surface area contributed by atoms with Gasteiger partial charge in [0.15, 0.2) is 11.5 Å². The van der Waals surface area contributed by atoms with E-state index in [4.69, 9.17) is 9.47 Å². The molecule has 4 nitrogen and oxygen atoms in total. The van der Waals surface area contributed by atoms with E-state index in [-0.39, 0.29) is 30.3 Å². The molecule has 0 aliphatic carbocycles. The van der Waals surface area contributed by atoms with Gasteiger partial charge >= 0.3 is 0 Å². The lowest BCUT2D eigenvalue weighted by atomic mass is 9.80. The molecule has 0 radical (unpaired) electrons. The molecule has 5 aromatic rings. The molecule has 0 fully saturated rings. The fourth-order valence-electron chi connectivity index (χ4n) is 6.50. The molecule has 1 N–H and O–H groups in total. The zero-order valence-electron chi connectivity index (χ0n) is 22.5. The maximum absolute atomic E-state index is 14.6. The Morgan fingerprint density at radius 2 is 1.77 bits per heavy atom. The van der Waals surface area contributed by atoms with E-state index in [0.717, 1.165) is 36.0 Å². The van der Waals surface area contributed by atoms with Gasteiger partial charge in [-0.3, -0.25) is 4.90 Å². The van der Waals surface area contributed by atoms with Crippen LogP contribution in [0.2, 0.25) is 0 Å². The summed E-state index contributed by atoms with van der Waals surface area (Å²) in [5, 5.41) is 1.22. The number of benzene rings is 4. The van der Waals surface area contributed by atoms with E-state index >= 15 is 0 Å². The van der Waals surface area contributed by atoms with E-state index < -0.39 is 0 Å². The Balaban J connectivity index is 1.32. The van der Waals surface area contributed by atoms with Gasteiger partial charge in [0.05, 0.1) is 13.2 Å². The van der Waals surface area contributed by atoms with Gasteiger partial charge in [-0.05, 0) is 84.0 Å². The lowest BCUT2D eigenvalue weighted by Gasteiger charge is -2.46. The highest BCUT2D eigenvalue weighted by Gasteiger charge is 2.41. The molecule has 0 spiro atoms. The molecule has 2 atom stereocenters. The van der Waals surface area contributed by atoms with Gasteiger partial charge in [-0.25, -0.2) is 8.78 Å². The van der Waals surface area contributed by atoms with Crippen LogP contribution >= 0.6 is 0 Å². The number of hydrogen-bond acceptors (Lipinski definition) is 3. The third kappa shape index (κ3) is 4.14. The van der Waals surface area contributed by atoms with Crippen molar-refractivity contribution in [2.45, 2.75) is 38.5 Å². The molecular formula is C34H30F2N2O2. The van der Waals surface area contributed by atoms with Crippen LogP contribution in [0.3, 0.4) is 0 Å². The number of para-hydroxylation sites is 1. The quantitative estimate of drug-likeness (QED) is 0.252. The molecule has 0 saturated carbocycles. The number of aromatic nitrogens is 1. The monoisotopic (exact) mass is 536 g/mol. The number of methoxy groups -OCH3 is 1. The summed E-state index contributed by atoms with van der Waals surface area (Å²) in [5.74, 6) is 0.741. The van der Waals surface area contributed by atoms with Crippen LogP contribution in [0.15, 0.2) is 78.9 Å². The number of nitrogens with one attached hydrogen (secondary N) is 1. The molecule has 6 heteroatoms. The van der Waals surface area contributed by atoms with Gasteiger partial charge in [0.1, 0.15) is 18.2 Å². The maximum atomic E-state index is 14.6. The van der Waals surface area contributed by atoms with E-state index in [1.807, 2.05) is 31.2 Å². The Labute approximate surface area is 232 Å². The molecule has 0 bridgehead atoms. The van der Waals surface area contributed by atoms with Crippen LogP contribution in [0, 0.1) is 18.6 Å². The van der Waals surface area contributed by atoms with Crippen molar-refractivity contribution in [1.29, 1.82) is 0 Å². The number of hydrogen-bond donors (Lipinski definition) is 1. The van der Waals surface area contributed by atoms with Crippen molar-refractivity contribution in [2.75, 3.05) is 13.7 Å². The summed E-state index contributed by atoms with van der Waals surface area (Å²) in [6, 6.07) is 24.7. The van der Waals surface area contributed by atoms with Crippen molar-refractivity contribution >= 4 is 10.9 Å². The molecule has 40 heavy (non-hydrogen) atoms. The summed E-state index contributed by atoms with van der Waals surface area (Å²) in [7, 11) is 1.64. The van der Waals surface area contributed by atoms with Crippen LogP contribution in [0.4, 0.5) is 8.78 Å². The lowest BCUT2D eigenvalue weighted by Crippen LogP contribution is -2.43. The van der Waals surface area contributed by atoms with Crippen LogP contribution in [0.1, 0.15) is 51.2 Å². The van der Waals surface area contributed by atoms with Gasteiger partial charge in [-0.15, -0.1) is 0 Å². The second-order valence-corrected chi connectivity index (χ2v) is 10.8. The summed E-state index contributed by atoms with van der Waals surface area (Å²) < 4.78 is 40.4. The molecule has 4 aromatic carbocycles. The number of aryl methyl sites for hydroxylation is 1. The Kier molecular flexibility index (Phi) is 6.08. The molecule has 2 unspecified atom stereocenters. The maximum Gasteiger partial charge on any atom is 0.162 e. The number of fused-ring (bicyclic) bond motifs is 6. The van der Waals surface area contributed by atoms with E-state index in [0.29, 0.717) is 17.1 Å². The fraction of sp³-hybridized carbons (Fsp3) is 0.235. The van der Waals surface area contributed by atoms with Crippen molar-refractivity contribution in [3.8, 4) is 11.5 Å². The Morgan fingerprint density at radius 3 is 2.58 bits per heavy atom. The zero-order chi connectivity index (χ0) is 27.4. The zero-order valence-corrected chi connectivity index (χ0v) is 22.5. The third-order valence-electron chi connectivity index (χ3n) is 8.45. The minimum atomic E-state index is -0.274. The first-order chi connectivity index (χ1) is 19.5. The van der Waals surface area contributed by atoms with E-state index in [1.54, 1.807) is 25.3 Å². The topological polar surface area (TPSA) is 37.5 Å². The van der Waals surface area contributed by atoms with E-state index in [2.05, 4.69) is 40.2 Å². The van der Waals surface area contributed by atoms with Crippen molar-refractivity contribution in [1.82, 2.24) is 9.88 Å². The first kappa shape index (κ1) is 24.9. The molecule has 1 aromatic heterocycles. The van der Waals surface area contributed by atoms with Crippen LogP contribution < -0.4 is 9.47 Å². The third-order valence-corrected chi connectivity index (χ3v) is 8.45. The number of rotatable bonds is 5. The second kappa shape index (κ2) is 9.79. The Bertz CT molecular complexity index is 1730. The molecular weight excluding hydrogens is 506 g/mol. The smallest absolute Gasteiger partial charge is 0.162 e. The predicted octanol–water partition coefficient (Wildman–Crippen LogP) is 7.59. The second-order valence-electron chi connectivity index (χ2n) is 10.8. The van der Waals surface area contributed by atoms with E-state index in [9.17, 15) is 8.78 Å². The van der Waals surface area contributed by atoms with Crippen LogP contribution in [-0.4, -0.2) is 23.5 Å². The largest absolute Gasteiger partial charge is 0.493 e. The molecule has 202 valence electrons. The van der Waals surface area contributed by atoms with Gasteiger partial charge in [0, 0.05) is 34.7 Å². The molecule has 3 heterocycles. The highest BCUT2D eigenvalue weighted by molar-refractivity contribution is 5.85. The average molecular weight is 537 g/mol. The molecule has 0 saturated heterocycles. The number of ether oxygens (including phenoxy) is 2. The number of halogens is 2. The molecule has 2 aliphatic heterocycles. The summed E-state index contributed by atoms with van der Waals surface area (Å²) in [6.07, 6.45) is 1.69. The summed E-state index contributed by atoms with van der Waals surface area (Å²) in [4.78, 5) is 6.21. The normalized spacial score (nSPS) is 18.2. The fourth-order valence-corrected chi connectivity index (χ4v) is 6.50. The number of H-pyrrole nitrogens is 1. The standard InChI is InChI=1S/C34H30F2N2O2/c1-20-7-8-23(28(36)15-20)19-40-32-18-26-22(16-31(32)39-2)13-14-38-30(26)17-27-25-5-3-4-6-29(25)37-33(27)34(38)21-9-11-24(35)12-10-21/h3-12,15-16,18,30,34,37H,13-14,17,19H2,1-2H3. The minimum Gasteiger partial charge on any atom is -0.493 e. The molecule has 0 amide bonds. The predicted molar refractivity (Wildman–Crippen MR) is 152 cm³/mol.